The van der Waals surface area contributed by atoms with Crippen LogP contribution in [0.1, 0.15) is 11.3 Å². The summed E-state index contributed by atoms with van der Waals surface area (Å²) in [7, 11) is 0. The number of carbonyl (C=O) groups excluding carboxylic acids is 1. The lowest BCUT2D eigenvalue weighted by molar-refractivity contribution is -0.120. The molecule has 1 heterocycles. The Labute approximate surface area is 123 Å². The number of aromatic nitrogens is 1. The molecule has 0 fully saturated rings. The Hall–Kier alpha value is -2.71. The van der Waals surface area contributed by atoms with E-state index in [0.717, 1.165) is 5.69 Å². The number of nitrogens with zero attached hydrogens (tertiary/aromatic N) is 2. The summed E-state index contributed by atoms with van der Waals surface area (Å²) >= 11 is 0. The number of hydrogen-bond donors (Lipinski definition) is 1. The highest BCUT2D eigenvalue weighted by Gasteiger charge is 2.03. The van der Waals surface area contributed by atoms with Gasteiger partial charge in [-0.15, -0.1) is 0 Å². The number of rotatable bonds is 6. The fraction of sp³-hybridized carbons (Fsp3) is 0.188. The van der Waals surface area contributed by atoms with Crippen molar-refractivity contribution in [3.63, 3.8) is 0 Å². The number of benzene rings is 1. The maximum absolute atomic E-state index is 11.7. The molecule has 1 N–H and O–H groups in total. The molecule has 21 heavy (non-hydrogen) atoms. The predicted octanol–water partition coefficient (Wildman–Crippen LogP) is 2.15. The summed E-state index contributed by atoms with van der Waals surface area (Å²) in [5.41, 5.74) is 2.02. The lowest BCUT2D eigenvalue weighted by Crippen LogP contribution is -2.19. The molecule has 0 saturated heterocycles. The quantitative estimate of drug-likeness (QED) is 0.823. The minimum Gasteiger partial charge on any atom is -0.371 e. The highest BCUT2D eigenvalue weighted by Crippen LogP contribution is 2.09. The van der Waals surface area contributed by atoms with Gasteiger partial charge in [0.1, 0.15) is 6.61 Å². The van der Waals surface area contributed by atoms with Crippen LogP contribution in [0, 0.1) is 11.3 Å². The van der Waals surface area contributed by atoms with Crippen LogP contribution in [-0.4, -0.2) is 24.1 Å². The Morgan fingerprint density at radius 2 is 2.19 bits per heavy atom. The zero-order valence-electron chi connectivity index (χ0n) is 11.5. The average molecular weight is 281 g/mol. The molecule has 1 amide bonds. The van der Waals surface area contributed by atoms with E-state index >= 15 is 0 Å². The van der Waals surface area contributed by atoms with Gasteiger partial charge in [0.15, 0.2) is 0 Å². The van der Waals surface area contributed by atoms with E-state index < -0.39 is 0 Å². The Morgan fingerprint density at radius 1 is 1.29 bits per heavy atom. The van der Waals surface area contributed by atoms with Crippen LogP contribution < -0.4 is 5.32 Å². The molecule has 5 nitrogen and oxygen atoms in total. The largest absolute Gasteiger partial charge is 0.371 e. The summed E-state index contributed by atoms with van der Waals surface area (Å²) in [6.45, 7) is 0.409. The van der Waals surface area contributed by atoms with Crippen LogP contribution in [0.2, 0.25) is 0 Å². The van der Waals surface area contributed by atoms with Gasteiger partial charge in [0.25, 0.3) is 0 Å². The molecular weight excluding hydrogens is 266 g/mol. The molecule has 0 bridgehead atoms. The van der Waals surface area contributed by atoms with Gasteiger partial charge < -0.3 is 10.1 Å². The monoisotopic (exact) mass is 281 g/mol. The first-order chi connectivity index (χ1) is 10.3. The van der Waals surface area contributed by atoms with Crippen molar-refractivity contribution < 1.29 is 9.53 Å². The fourth-order valence-electron chi connectivity index (χ4n) is 1.75. The molecule has 0 aliphatic carbocycles. The van der Waals surface area contributed by atoms with Gasteiger partial charge in [-0.2, -0.15) is 5.26 Å². The van der Waals surface area contributed by atoms with Crippen molar-refractivity contribution in [1.29, 1.82) is 5.26 Å². The highest BCUT2D eigenvalue weighted by molar-refractivity contribution is 5.91. The Morgan fingerprint density at radius 3 is 2.95 bits per heavy atom. The third-order valence-corrected chi connectivity index (χ3v) is 2.74. The summed E-state index contributed by atoms with van der Waals surface area (Å²) in [5.74, 6) is -0.244. The topological polar surface area (TPSA) is 75.0 Å². The molecule has 0 atom stereocenters. The Bertz CT molecular complexity index is 635. The van der Waals surface area contributed by atoms with Crippen molar-refractivity contribution >= 4 is 11.6 Å². The number of nitriles is 1. The number of ether oxygens (including phenoxy) is 1. The van der Waals surface area contributed by atoms with Gasteiger partial charge in [0, 0.05) is 24.0 Å². The van der Waals surface area contributed by atoms with Crippen LogP contribution in [0.15, 0.2) is 48.7 Å². The molecule has 106 valence electrons. The number of hydrogen-bond acceptors (Lipinski definition) is 4. The molecule has 0 aliphatic rings. The molecule has 1 aromatic carbocycles. The molecule has 1 aromatic heterocycles. The molecule has 0 radical (unpaired) electrons. The van der Waals surface area contributed by atoms with Gasteiger partial charge in [-0.3, -0.25) is 9.78 Å². The first-order valence-corrected chi connectivity index (χ1v) is 6.55. The van der Waals surface area contributed by atoms with Crippen LogP contribution in [-0.2, 0) is 16.0 Å². The van der Waals surface area contributed by atoms with Crippen molar-refractivity contribution in [3.05, 3.63) is 59.9 Å². The van der Waals surface area contributed by atoms with E-state index in [1.54, 1.807) is 30.5 Å². The second-order valence-corrected chi connectivity index (χ2v) is 4.36. The summed E-state index contributed by atoms with van der Waals surface area (Å²) in [5, 5.41) is 11.5. The van der Waals surface area contributed by atoms with Crippen molar-refractivity contribution in [2.75, 3.05) is 18.5 Å². The zero-order valence-corrected chi connectivity index (χ0v) is 11.5. The molecular formula is C16H15N3O2. The molecule has 0 aliphatic heterocycles. The van der Waals surface area contributed by atoms with Gasteiger partial charge >= 0.3 is 0 Å². The van der Waals surface area contributed by atoms with E-state index in [1.807, 2.05) is 24.3 Å². The molecule has 0 unspecified atom stereocenters. The predicted molar refractivity (Wildman–Crippen MR) is 78.5 cm³/mol. The standard InChI is InChI=1S/C16H15N3O2/c17-11-13-4-3-6-15(10-13)19-16(20)12-21-9-7-14-5-1-2-8-18-14/h1-6,8,10H,7,9,12H2,(H,19,20). The third-order valence-electron chi connectivity index (χ3n) is 2.74. The smallest absolute Gasteiger partial charge is 0.250 e. The van der Waals surface area contributed by atoms with Crippen LogP contribution in [0.4, 0.5) is 5.69 Å². The van der Waals surface area contributed by atoms with E-state index in [1.165, 1.54) is 0 Å². The van der Waals surface area contributed by atoms with Gasteiger partial charge in [-0.05, 0) is 30.3 Å². The summed E-state index contributed by atoms with van der Waals surface area (Å²) in [6.07, 6.45) is 2.39. The highest BCUT2D eigenvalue weighted by atomic mass is 16.5. The molecule has 5 heteroatoms. The lowest BCUT2D eigenvalue weighted by Gasteiger charge is -2.06. The zero-order chi connectivity index (χ0) is 14.9. The Kier molecular flexibility index (Phi) is 5.44. The van der Waals surface area contributed by atoms with Crippen molar-refractivity contribution in [3.8, 4) is 6.07 Å². The van der Waals surface area contributed by atoms with E-state index in [9.17, 15) is 4.79 Å². The lowest BCUT2D eigenvalue weighted by atomic mass is 10.2. The van der Waals surface area contributed by atoms with Crippen molar-refractivity contribution in [2.45, 2.75) is 6.42 Å². The van der Waals surface area contributed by atoms with E-state index in [4.69, 9.17) is 10.00 Å². The number of nitrogens with one attached hydrogen (secondary N) is 1. The van der Waals surface area contributed by atoms with Crippen LogP contribution in [0.5, 0.6) is 0 Å². The van der Waals surface area contributed by atoms with E-state index in [0.29, 0.717) is 24.3 Å². The van der Waals surface area contributed by atoms with Crippen LogP contribution in [0.3, 0.4) is 0 Å². The normalized spacial score (nSPS) is 9.86. The van der Waals surface area contributed by atoms with Gasteiger partial charge in [0.2, 0.25) is 5.91 Å². The third kappa shape index (κ3) is 5.05. The SMILES string of the molecule is N#Cc1cccc(NC(=O)COCCc2ccccn2)c1. The fourth-order valence-corrected chi connectivity index (χ4v) is 1.75. The first-order valence-electron chi connectivity index (χ1n) is 6.55. The molecule has 2 aromatic rings. The first kappa shape index (κ1) is 14.7. The summed E-state index contributed by atoms with van der Waals surface area (Å²) in [6, 6.07) is 14.4. The molecule has 0 saturated carbocycles. The maximum atomic E-state index is 11.7. The summed E-state index contributed by atoms with van der Waals surface area (Å²) in [4.78, 5) is 15.9. The van der Waals surface area contributed by atoms with Gasteiger partial charge in [0.05, 0.1) is 18.2 Å². The van der Waals surface area contributed by atoms with Crippen LogP contribution in [0.25, 0.3) is 0 Å². The minimum atomic E-state index is -0.244. The average Bonchev–Trinajstić information content (AvgIpc) is 2.53. The molecule has 2 rings (SSSR count). The minimum absolute atomic E-state index is 0.0242. The second kappa shape index (κ2) is 7.78. The number of amides is 1. The van der Waals surface area contributed by atoms with Gasteiger partial charge in [-0.25, -0.2) is 0 Å². The number of pyridine rings is 1. The van der Waals surface area contributed by atoms with Crippen molar-refractivity contribution in [1.82, 2.24) is 4.98 Å². The number of anilines is 1. The molecule has 0 spiro atoms. The maximum Gasteiger partial charge on any atom is 0.250 e. The second-order valence-electron chi connectivity index (χ2n) is 4.36. The Balaban J connectivity index is 1.71. The van der Waals surface area contributed by atoms with E-state index in [-0.39, 0.29) is 12.5 Å². The van der Waals surface area contributed by atoms with Crippen molar-refractivity contribution in [2.24, 2.45) is 0 Å². The number of carbonyl (C=O) groups is 1. The summed E-state index contributed by atoms with van der Waals surface area (Å²) < 4.78 is 5.31. The van der Waals surface area contributed by atoms with E-state index in [2.05, 4.69) is 10.3 Å². The van der Waals surface area contributed by atoms with Gasteiger partial charge in [-0.1, -0.05) is 12.1 Å². The van der Waals surface area contributed by atoms with Crippen LogP contribution >= 0.6 is 0 Å².